The number of carbonyl (C=O) groups is 3. The Kier molecular flexibility index (Phi) is 6.61. The van der Waals surface area contributed by atoms with Gasteiger partial charge in [-0.05, 0) is 24.3 Å². The molecule has 0 aliphatic rings. The van der Waals surface area contributed by atoms with Gasteiger partial charge in [0, 0.05) is 32.8 Å². The molecular formula is C20H16ClNO4S2. The highest BCUT2D eigenvalue weighted by molar-refractivity contribution is 7.20. The number of ether oxygens (including phenoxy) is 1. The van der Waals surface area contributed by atoms with E-state index in [4.69, 9.17) is 16.3 Å². The Morgan fingerprint density at radius 2 is 1.93 bits per heavy atom. The van der Waals surface area contributed by atoms with E-state index >= 15 is 0 Å². The zero-order valence-electron chi connectivity index (χ0n) is 14.9. The molecule has 144 valence electrons. The fraction of sp³-hybridized carbons (Fsp3) is 0.150. The van der Waals surface area contributed by atoms with Crippen LogP contribution in [0.25, 0.3) is 16.2 Å². The first-order valence-corrected chi connectivity index (χ1v) is 10.3. The van der Waals surface area contributed by atoms with Gasteiger partial charge >= 0.3 is 5.97 Å². The maximum Gasteiger partial charge on any atom is 0.331 e. The third-order valence-electron chi connectivity index (χ3n) is 3.72. The summed E-state index contributed by atoms with van der Waals surface area (Å²) in [5.41, 5.74) is 0. The molecule has 0 spiro atoms. The Bertz CT molecular complexity index is 1070. The standard InChI is InChI=1S/C20H16ClNO4S2/c1-12(23)22-10-13-6-7-17(27-13)15(24)11-26-19(25)9-8-18-20(21)14-4-2-3-5-16(14)28-18/h2-9H,10-11H2,1H3,(H,22,23)/b9-8+. The van der Waals surface area contributed by atoms with Crippen molar-refractivity contribution in [3.8, 4) is 0 Å². The summed E-state index contributed by atoms with van der Waals surface area (Å²) in [7, 11) is 0. The van der Waals surface area contributed by atoms with Gasteiger partial charge in [-0.1, -0.05) is 29.8 Å². The van der Waals surface area contributed by atoms with Crippen molar-refractivity contribution < 1.29 is 19.1 Å². The van der Waals surface area contributed by atoms with Crippen molar-refractivity contribution in [3.05, 3.63) is 62.1 Å². The zero-order chi connectivity index (χ0) is 20.1. The second kappa shape index (κ2) is 9.14. The number of carbonyl (C=O) groups excluding carboxylic acids is 3. The van der Waals surface area contributed by atoms with Crippen LogP contribution in [0, 0.1) is 0 Å². The third-order valence-corrected chi connectivity index (χ3v) is 6.51. The molecule has 1 N–H and O–H groups in total. The van der Waals surface area contributed by atoms with Crippen LogP contribution < -0.4 is 5.32 Å². The summed E-state index contributed by atoms with van der Waals surface area (Å²) >= 11 is 9.06. The molecule has 8 heteroatoms. The highest BCUT2D eigenvalue weighted by Gasteiger charge is 2.12. The predicted molar refractivity (Wildman–Crippen MR) is 113 cm³/mol. The summed E-state index contributed by atoms with van der Waals surface area (Å²) in [5, 5.41) is 4.19. The van der Waals surface area contributed by atoms with E-state index in [1.165, 1.54) is 35.7 Å². The Hall–Kier alpha value is -2.48. The Morgan fingerprint density at radius 3 is 2.68 bits per heavy atom. The van der Waals surface area contributed by atoms with Crippen LogP contribution >= 0.6 is 34.3 Å². The lowest BCUT2D eigenvalue weighted by atomic mass is 10.2. The molecule has 3 aromatic rings. The van der Waals surface area contributed by atoms with Crippen LogP contribution in [0.3, 0.4) is 0 Å². The highest BCUT2D eigenvalue weighted by atomic mass is 35.5. The molecule has 0 saturated heterocycles. The lowest BCUT2D eigenvalue weighted by Gasteiger charge is -2.00. The minimum Gasteiger partial charge on any atom is -0.454 e. The van der Waals surface area contributed by atoms with E-state index in [-0.39, 0.29) is 18.3 Å². The fourth-order valence-corrected chi connectivity index (χ4v) is 4.64. The SMILES string of the molecule is CC(=O)NCc1ccc(C(=O)COC(=O)/C=C/c2sc3ccccc3c2Cl)s1. The zero-order valence-corrected chi connectivity index (χ0v) is 17.2. The van der Waals surface area contributed by atoms with Crippen molar-refractivity contribution in [1.29, 1.82) is 0 Å². The topological polar surface area (TPSA) is 72.5 Å². The van der Waals surface area contributed by atoms with Crippen LogP contribution in [0.1, 0.15) is 26.3 Å². The van der Waals surface area contributed by atoms with Crippen molar-refractivity contribution in [3.63, 3.8) is 0 Å². The van der Waals surface area contributed by atoms with Crippen LogP contribution in [0.4, 0.5) is 0 Å². The van der Waals surface area contributed by atoms with Gasteiger partial charge in [0.2, 0.25) is 11.7 Å². The number of halogens is 1. The van der Waals surface area contributed by atoms with Crippen molar-refractivity contribution >= 4 is 68.1 Å². The number of ketones is 1. The molecule has 0 radical (unpaired) electrons. The number of rotatable bonds is 7. The molecule has 1 aromatic carbocycles. The molecule has 2 aromatic heterocycles. The van der Waals surface area contributed by atoms with Gasteiger partial charge < -0.3 is 10.1 Å². The maximum atomic E-state index is 12.1. The first-order chi connectivity index (χ1) is 13.4. The van der Waals surface area contributed by atoms with E-state index in [0.29, 0.717) is 16.4 Å². The number of esters is 1. The van der Waals surface area contributed by atoms with Crippen molar-refractivity contribution in [2.75, 3.05) is 6.61 Å². The molecule has 0 saturated carbocycles. The number of hydrogen-bond acceptors (Lipinski definition) is 6. The number of thiophene rings is 2. The molecule has 0 aliphatic carbocycles. The van der Waals surface area contributed by atoms with Crippen LogP contribution in [0.5, 0.6) is 0 Å². The van der Waals surface area contributed by atoms with Crippen LogP contribution in [-0.2, 0) is 20.9 Å². The summed E-state index contributed by atoms with van der Waals surface area (Å²) in [6, 6.07) is 11.1. The number of nitrogens with one attached hydrogen (secondary N) is 1. The molecular weight excluding hydrogens is 418 g/mol. The van der Waals surface area contributed by atoms with Crippen molar-refractivity contribution in [1.82, 2.24) is 5.32 Å². The largest absolute Gasteiger partial charge is 0.454 e. The van der Waals surface area contributed by atoms with E-state index in [1.54, 1.807) is 18.2 Å². The Labute approximate surface area is 174 Å². The quantitative estimate of drug-likeness (QED) is 0.333. The minimum atomic E-state index is -0.614. The predicted octanol–water partition coefficient (Wildman–Crippen LogP) is 4.69. The summed E-state index contributed by atoms with van der Waals surface area (Å²) in [6.45, 7) is 1.45. The van der Waals surface area contributed by atoms with E-state index < -0.39 is 5.97 Å². The minimum absolute atomic E-state index is 0.138. The highest BCUT2D eigenvalue weighted by Crippen LogP contribution is 2.35. The molecule has 0 fully saturated rings. The number of Topliss-reactive ketones (excluding diaryl/α,β-unsaturated/α-hetero) is 1. The summed E-state index contributed by atoms with van der Waals surface area (Å²) in [5.74, 6) is -1.04. The van der Waals surface area contributed by atoms with Crippen molar-refractivity contribution in [2.45, 2.75) is 13.5 Å². The molecule has 0 bridgehead atoms. The van der Waals surface area contributed by atoms with Gasteiger partial charge in [-0.3, -0.25) is 9.59 Å². The average Bonchev–Trinajstić information content (AvgIpc) is 3.28. The lowest BCUT2D eigenvalue weighted by molar-refractivity contribution is -0.136. The molecule has 5 nitrogen and oxygen atoms in total. The normalized spacial score (nSPS) is 11.1. The lowest BCUT2D eigenvalue weighted by Crippen LogP contribution is -2.18. The number of amides is 1. The van der Waals surface area contributed by atoms with Gasteiger partial charge in [-0.2, -0.15) is 0 Å². The van der Waals surface area contributed by atoms with Gasteiger partial charge in [0.05, 0.1) is 16.4 Å². The fourth-order valence-electron chi connectivity index (χ4n) is 2.37. The molecule has 1 amide bonds. The Morgan fingerprint density at radius 1 is 1.14 bits per heavy atom. The second-order valence-corrected chi connectivity index (χ2v) is 8.45. The van der Waals surface area contributed by atoms with Gasteiger partial charge in [0.15, 0.2) is 6.61 Å². The Balaban J connectivity index is 1.54. The van der Waals surface area contributed by atoms with Crippen LogP contribution in [-0.4, -0.2) is 24.3 Å². The molecule has 0 aliphatic heterocycles. The summed E-state index contributed by atoms with van der Waals surface area (Å²) in [6.07, 6.45) is 2.86. The maximum absolute atomic E-state index is 12.1. The third kappa shape index (κ3) is 5.07. The monoisotopic (exact) mass is 433 g/mol. The second-order valence-electron chi connectivity index (χ2n) is 5.82. The van der Waals surface area contributed by atoms with Gasteiger partial charge in [0.1, 0.15) is 0 Å². The molecule has 0 atom stereocenters. The van der Waals surface area contributed by atoms with Crippen molar-refractivity contribution in [2.24, 2.45) is 0 Å². The van der Waals surface area contributed by atoms with Crippen LogP contribution in [0.2, 0.25) is 5.02 Å². The number of hydrogen-bond donors (Lipinski definition) is 1. The van der Waals surface area contributed by atoms with E-state index in [2.05, 4.69) is 5.32 Å². The molecule has 2 heterocycles. The average molecular weight is 434 g/mol. The molecule has 28 heavy (non-hydrogen) atoms. The smallest absolute Gasteiger partial charge is 0.331 e. The van der Waals surface area contributed by atoms with Gasteiger partial charge in [0.25, 0.3) is 0 Å². The van der Waals surface area contributed by atoms with E-state index in [0.717, 1.165) is 19.8 Å². The summed E-state index contributed by atoms with van der Waals surface area (Å²) in [4.78, 5) is 37.1. The van der Waals surface area contributed by atoms with E-state index in [1.807, 2.05) is 24.3 Å². The van der Waals surface area contributed by atoms with Gasteiger partial charge in [-0.15, -0.1) is 22.7 Å². The molecule has 0 unspecified atom stereocenters. The first-order valence-electron chi connectivity index (χ1n) is 8.32. The molecule has 3 rings (SSSR count). The van der Waals surface area contributed by atoms with Crippen LogP contribution in [0.15, 0.2) is 42.5 Å². The summed E-state index contributed by atoms with van der Waals surface area (Å²) < 4.78 is 6.06. The number of fused-ring (bicyclic) bond motifs is 1. The van der Waals surface area contributed by atoms with Gasteiger partial charge in [-0.25, -0.2) is 4.79 Å². The van der Waals surface area contributed by atoms with E-state index in [9.17, 15) is 14.4 Å². The number of benzene rings is 1. The first kappa shape index (κ1) is 20.3.